The molecule has 0 aliphatic heterocycles. The van der Waals surface area contributed by atoms with Gasteiger partial charge in [-0.1, -0.05) is 6.07 Å². The Morgan fingerprint density at radius 1 is 1.14 bits per heavy atom. The van der Waals surface area contributed by atoms with E-state index in [-0.39, 0.29) is 12.5 Å². The van der Waals surface area contributed by atoms with Gasteiger partial charge in [0.15, 0.2) is 5.65 Å². The number of amides is 1. The molecule has 0 aliphatic rings. The average Bonchev–Trinajstić information content (AvgIpc) is 3.39. The fraction of sp³-hybridized carbons (Fsp3) is 0.160. The van der Waals surface area contributed by atoms with Crippen molar-refractivity contribution in [2.24, 2.45) is 0 Å². The van der Waals surface area contributed by atoms with E-state index in [0.29, 0.717) is 22.6 Å². The first-order chi connectivity index (χ1) is 16.8. The van der Waals surface area contributed by atoms with Gasteiger partial charge in [-0.15, -0.1) is 0 Å². The number of halogens is 3. The van der Waals surface area contributed by atoms with E-state index in [1.807, 2.05) is 6.92 Å². The second-order valence-electron chi connectivity index (χ2n) is 8.01. The quantitative estimate of drug-likeness (QED) is 0.340. The third-order valence-corrected chi connectivity index (χ3v) is 6.55. The van der Waals surface area contributed by atoms with Gasteiger partial charge in [0.25, 0.3) is 5.91 Å². The normalized spacial score (nSPS) is 12.8. The van der Waals surface area contributed by atoms with Crippen molar-refractivity contribution in [3.8, 4) is 5.69 Å². The smallest absolute Gasteiger partial charge is 0.394 e. The number of hydrogen-bond donors (Lipinski definition) is 2. The lowest BCUT2D eigenvalue weighted by molar-refractivity contribution is -0.137. The molecule has 5 aromatic rings. The second kappa shape index (κ2) is 8.79. The van der Waals surface area contributed by atoms with E-state index in [0.717, 1.165) is 33.3 Å². The van der Waals surface area contributed by atoms with E-state index < -0.39 is 17.8 Å². The van der Waals surface area contributed by atoms with Crippen molar-refractivity contribution in [3.05, 3.63) is 88.6 Å². The average molecular weight is 497 g/mol. The van der Waals surface area contributed by atoms with Crippen LogP contribution in [0.2, 0.25) is 0 Å². The number of rotatable bonds is 5. The second-order valence-corrected chi connectivity index (χ2v) is 8.99. The SMILES string of the molecule is Cc1snc2c1c1cc(C(=O)N[C@@H](CO)c3ccccn3)ccc1n2-c1ccc(C(F)(F)F)cc1. The summed E-state index contributed by atoms with van der Waals surface area (Å²) in [4.78, 5) is 18.1. The number of carbonyl (C=O) groups is 1. The van der Waals surface area contributed by atoms with Crippen LogP contribution in [0.4, 0.5) is 13.2 Å². The first-order valence-electron chi connectivity index (χ1n) is 10.7. The standard InChI is InChI=1S/C25H19F3N4O2S/c1-14-22-18-12-15(24(34)30-20(13-33)19-4-2-3-11-29-19)5-10-21(18)32(23(22)31-35-14)17-8-6-16(7-9-17)25(26,27)28/h2-12,20,33H,13H2,1H3,(H,30,34)/t20-/m0/s1. The number of nitrogens with one attached hydrogen (secondary N) is 1. The molecule has 0 aliphatic carbocycles. The molecule has 1 atom stereocenters. The lowest BCUT2D eigenvalue weighted by atomic mass is 10.1. The summed E-state index contributed by atoms with van der Waals surface area (Å²) in [6.07, 6.45) is -2.84. The first kappa shape index (κ1) is 23.0. The molecule has 3 heterocycles. The van der Waals surface area contributed by atoms with E-state index in [1.165, 1.54) is 23.7 Å². The Hall–Kier alpha value is -3.76. The molecule has 0 spiro atoms. The summed E-state index contributed by atoms with van der Waals surface area (Å²) < 4.78 is 45.4. The van der Waals surface area contributed by atoms with Crippen LogP contribution in [0.5, 0.6) is 0 Å². The minimum absolute atomic E-state index is 0.312. The minimum atomic E-state index is -4.42. The fourth-order valence-corrected chi connectivity index (χ4v) is 4.80. The van der Waals surface area contributed by atoms with E-state index in [4.69, 9.17) is 0 Å². The van der Waals surface area contributed by atoms with E-state index >= 15 is 0 Å². The molecule has 2 aromatic carbocycles. The molecule has 0 saturated heterocycles. The summed E-state index contributed by atoms with van der Waals surface area (Å²) in [5.74, 6) is -0.382. The maximum atomic E-state index is 13.0. The van der Waals surface area contributed by atoms with Gasteiger partial charge < -0.3 is 10.4 Å². The zero-order valence-corrected chi connectivity index (χ0v) is 19.2. The third-order valence-electron chi connectivity index (χ3n) is 5.81. The number of nitrogens with zero attached hydrogens (tertiary/aromatic N) is 3. The molecule has 5 rings (SSSR count). The molecule has 0 unspecified atom stereocenters. The van der Waals surface area contributed by atoms with E-state index in [9.17, 15) is 23.1 Å². The number of carbonyl (C=O) groups excluding carboxylic acids is 1. The first-order valence-corrected chi connectivity index (χ1v) is 11.5. The Balaban J connectivity index is 1.56. The molecule has 1 amide bonds. The van der Waals surface area contributed by atoms with Crippen molar-refractivity contribution < 1.29 is 23.1 Å². The largest absolute Gasteiger partial charge is 0.416 e. The summed E-state index contributed by atoms with van der Waals surface area (Å²) in [5, 5.41) is 14.2. The van der Waals surface area contributed by atoms with Crippen LogP contribution >= 0.6 is 11.5 Å². The van der Waals surface area contributed by atoms with Crippen LogP contribution in [-0.2, 0) is 6.18 Å². The van der Waals surface area contributed by atoms with Crippen molar-refractivity contribution in [1.29, 1.82) is 0 Å². The Morgan fingerprint density at radius 3 is 2.57 bits per heavy atom. The number of benzene rings is 2. The number of hydrogen-bond acceptors (Lipinski definition) is 5. The highest BCUT2D eigenvalue weighted by atomic mass is 32.1. The van der Waals surface area contributed by atoms with Crippen LogP contribution in [-0.4, -0.2) is 31.5 Å². The van der Waals surface area contributed by atoms with Gasteiger partial charge in [0.2, 0.25) is 0 Å². The highest BCUT2D eigenvalue weighted by molar-refractivity contribution is 7.07. The molecular weight excluding hydrogens is 477 g/mol. The van der Waals surface area contributed by atoms with Gasteiger partial charge in [0.1, 0.15) is 0 Å². The minimum Gasteiger partial charge on any atom is -0.394 e. The van der Waals surface area contributed by atoms with Gasteiger partial charge in [0, 0.05) is 33.1 Å². The number of aryl methyl sites for hydroxylation is 1. The van der Waals surface area contributed by atoms with Crippen LogP contribution < -0.4 is 5.32 Å². The van der Waals surface area contributed by atoms with Crippen molar-refractivity contribution in [3.63, 3.8) is 0 Å². The molecule has 0 fully saturated rings. The van der Waals surface area contributed by atoms with E-state index in [2.05, 4.69) is 14.7 Å². The number of aliphatic hydroxyl groups excluding tert-OH is 1. The molecule has 0 radical (unpaired) electrons. The van der Waals surface area contributed by atoms with Crippen molar-refractivity contribution in [2.75, 3.05) is 6.61 Å². The summed E-state index contributed by atoms with van der Waals surface area (Å²) in [7, 11) is 0. The van der Waals surface area contributed by atoms with Crippen LogP contribution in [0.25, 0.3) is 27.6 Å². The van der Waals surface area contributed by atoms with Gasteiger partial charge in [-0.2, -0.15) is 17.5 Å². The lowest BCUT2D eigenvalue weighted by Crippen LogP contribution is -2.31. The summed E-state index contributed by atoms with van der Waals surface area (Å²) in [5.41, 5.74) is 2.06. The molecule has 10 heteroatoms. The Morgan fingerprint density at radius 2 is 1.91 bits per heavy atom. The maximum Gasteiger partial charge on any atom is 0.416 e. The van der Waals surface area contributed by atoms with Crippen molar-refractivity contribution in [2.45, 2.75) is 19.1 Å². The molecule has 6 nitrogen and oxygen atoms in total. The van der Waals surface area contributed by atoms with Crippen LogP contribution in [0.1, 0.15) is 32.5 Å². The number of aliphatic hydroxyl groups is 1. The predicted octanol–water partition coefficient (Wildman–Crippen LogP) is 5.43. The molecule has 178 valence electrons. The summed E-state index contributed by atoms with van der Waals surface area (Å²) in [6, 6.07) is 14.6. The van der Waals surface area contributed by atoms with Gasteiger partial charge in [-0.05, 0) is 73.1 Å². The summed E-state index contributed by atoms with van der Waals surface area (Å²) in [6.45, 7) is 1.60. The number of aromatic nitrogens is 3. The van der Waals surface area contributed by atoms with E-state index in [1.54, 1.807) is 47.2 Å². The van der Waals surface area contributed by atoms with Gasteiger partial charge in [-0.3, -0.25) is 14.3 Å². The number of alkyl halides is 3. The Bertz CT molecular complexity index is 1530. The fourth-order valence-electron chi connectivity index (χ4n) is 4.11. The molecule has 2 N–H and O–H groups in total. The highest BCUT2D eigenvalue weighted by Crippen LogP contribution is 2.37. The van der Waals surface area contributed by atoms with Crippen LogP contribution in [0.15, 0.2) is 66.9 Å². The zero-order chi connectivity index (χ0) is 24.7. The molecular formula is C25H19F3N4O2S. The Labute approximate surface area is 201 Å². The molecule has 0 saturated carbocycles. The highest BCUT2D eigenvalue weighted by Gasteiger charge is 2.30. The van der Waals surface area contributed by atoms with Crippen LogP contribution in [0.3, 0.4) is 0 Å². The monoisotopic (exact) mass is 496 g/mol. The maximum absolute atomic E-state index is 13.0. The molecule has 0 bridgehead atoms. The van der Waals surface area contributed by atoms with Gasteiger partial charge in [0.05, 0.1) is 29.4 Å². The summed E-state index contributed by atoms with van der Waals surface area (Å²) >= 11 is 1.29. The molecule has 35 heavy (non-hydrogen) atoms. The van der Waals surface area contributed by atoms with Gasteiger partial charge >= 0.3 is 6.18 Å². The molecule has 3 aromatic heterocycles. The predicted molar refractivity (Wildman–Crippen MR) is 128 cm³/mol. The lowest BCUT2D eigenvalue weighted by Gasteiger charge is -2.16. The van der Waals surface area contributed by atoms with Crippen LogP contribution in [0, 0.1) is 6.92 Å². The van der Waals surface area contributed by atoms with Crippen molar-refractivity contribution in [1.82, 2.24) is 19.2 Å². The zero-order valence-electron chi connectivity index (χ0n) is 18.4. The number of fused-ring (bicyclic) bond motifs is 3. The van der Waals surface area contributed by atoms with Gasteiger partial charge in [-0.25, -0.2) is 0 Å². The Kier molecular flexibility index (Phi) is 5.78. The third kappa shape index (κ3) is 4.15. The topological polar surface area (TPSA) is 80.0 Å². The number of pyridine rings is 1. The van der Waals surface area contributed by atoms with Crippen molar-refractivity contribution >= 4 is 39.4 Å².